The maximum absolute atomic E-state index is 12.5. The second kappa shape index (κ2) is 9.94. The molecule has 0 unspecified atom stereocenters. The van der Waals surface area contributed by atoms with Crippen LogP contribution in [0.4, 0.5) is 5.69 Å². The van der Waals surface area contributed by atoms with Crippen molar-refractivity contribution >= 4 is 23.2 Å². The largest absolute Gasteiger partial charge is 0.368 e. The fourth-order valence-corrected chi connectivity index (χ4v) is 3.76. The van der Waals surface area contributed by atoms with Crippen molar-refractivity contribution in [3.8, 4) is 0 Å². The summed E-state index contributed by atoms with van der Waals surface area (Å²) in [6.07, 6.45) is 1.50. The number of hydrogen-bond acceptors (Lipinski definition) is 3. The van der Waals surface area contributed by atoms with Crippen LogP contribution in [0.25, 0.3) is 0 Å². The van der Waals surface area contributed by atoms with Crippen molar-refractivity contribution < 1.29 is 4.79 Å². The fraction of sp³-hybridized carbons (Fsp3) is 0.435. The maximum Gasteiger partial charge on any atom is 0.223 e. The molecular weight excluding hydrogens is 370 g/mol. The van der Waals surface area contributed by atoms with E-state index in [0.29, 0.717) is 6.42 Å². The normalized spacial score (nSPS) is 14.4. The zero-order valence-corrected chi connectivity index (χ0v) is 17.6. The lowest BCUT2D eigenvalue weighted by atomic mass is 10.1. The Bertz CT molecular complexity index is 783. The van der Waals surface area contributed by atoms with Crippen LogP contribution in [0.15, 0.2) is 42.5 Å². The van der Waals surface area contributed by atoms with Gasteiger partial charge in [-0.2, -0.15) is 0 Å². The van der Waals surface area contributed by atoms with E-state index in [1.807, 2.05) is 29.2 Å². The number of carbonyl (C=O) groups is 1. The highest BCUT2D eigenvalue weighted by atomic mass is 35.5. The minimum atomic E-state index is 0.250. The highest BCUT2D eigenvalue weighted by Crippen LogP contribution is 2.23. The number of hydrogen-bond donors (Lipinski definition) is 1. The van der Waals surface area contributed by atoms with Crippen LogP contribution < -0.4 is 10.2 Å². The zero-order chi connectivity index (χ0) is 19.9. The van der Waals surface area contributed by atoms with Gasteiger partial charge in [0.15, 0.2) is 0 Å². The lowest BCUT2D eigenvalue weighted by Crippen LogP contribution is -2.49. The fourth-order valence-electron chi connectivity index (χ4n) is 3.64. The van der Waals surface area contributed by atoms with Crippen molar-refractivity contribution in [2.24, 2.45) is 0 Å². The van der Waals surface area contributed by atoms with E-state index in [0.717, 1.165) is 50.7 Å². The van der Waals surface area contributed by atoms with E-state index in [2.05, 4.69) is 42.3 Å². The van der Waals surface area contributed by atoms with Gasteiger partial charge in [0.2, 0.25) is 5.91 Å². The molecular formula is C23H30ClN3O. The van der Waals surface area contributed by atoms with Gasteiger partial charge in [-0.3, -0.25) is 4.79 Å². The number of halogens is 1. The molecule has 3 rings (SSSR count). The van der Waals surface area contributed by atoms with Gasteiger partial charge in [0.1, 0.15) is 0 Å². The zero-order valence-electron chi connectivity index (χ0n) is 16.9. The quantitative estimate of drug-likeness (QED) is 0.719. The van der Waals surface area contributed by atoms with E-state index < -0.39 is 0 Å². The molecule has 1 heterocycles. The first-order valence-corrected chi connectivity index (χ1v) is 10.5. The van der Waals surface area contributed by atoms with E-state index in [1.165, 1.54) is 22.4 Å². The maximum atomic E-state index is 12.5. The van der Waals surface area contributed by atoms with Crippen LogP contribution in [-0.2, 0) is 11.2 Å². The predicted octanol–water partition coefficient (Wildman–Crippen LogP) is 3.83. The van der Waals surface area contributed by atoms with Crippen LogP contribution in [0, 0.1) is 13.8 Å². The molecule has 0 saturated carbocycles. The molecule has 0 bridgehead atoms. The third-order valence-corrected chi connectivity index (χ3v) is 5.82. The third kappa shape index (κ3) is 5.49. The average Bonchev–Trinajstić information content (AvgIpc) is 2.71. The number of anilines is 1. The van der Waals surface area contributed by atoms with E-state index in [-0.39, 0.29) is 5.91 Å². The molecule has 28 heavy (non-hydrogen) atoms. The van der Waals surface area contributed by atoms with Gasteiger partial charge < -0.3 is 15.1 Å². The minimum absolute atomic E-state index is 0.250. The molecule has 0 atom stereocenters. The molecule has 150 valence electrons. The van der Waals surface area contributed by atoms with Gasteiger partial charge in [-0.05, 0) is 61.7 Å². The molecule has 2 aromatic carbocycles. The first-order valence-electron chi connectivity index (χ1n) is 10.1. The van der Waals surface area contributed by atoms with Crippen molar-refractivity contribution in [2.75, 3.05) is 44.2 Å². The summed E-state index contributed by atoms with van der Waals surface area (Å²) in [4.78, 5) is 16.9. The number of piperazine rings is 1. The Balaban J connectivity index is 1.36. The van der Waals surface area contributed by atoms with Crippen LogP contribution in [0.5, 0.6) is 0 Å². The summed E-state index contributed by atoms with van der Waals surface area (Å²) in [6, 6.07) is 14.4. The number of aryl methyl sites for hydroxylation is 1. The molecule has 1 aliphatic heterocycles. The van der Waals surface area contributed by atoms with Crippen LogP contribution in [0.3, 0.4) is 0 Å². The summed E-state index contributed by atoms with van der Waals surface area (Å²) in [5.74, 6) is 0.250. The summed E-state index contributed by atoms with van der Waals surface area (Å²) in [7, 11) is 0. The highest BCUT2D eigenvalue weighted by Gasteiger charge is 2.21. The van der Waals surface area contributed by atoms with Crippen molar-refractivity contribution in [1.82, 2.24) is 10.2 Å². The number of nitrogens with zero attached hydrogens (tertiary/aromatic N) is 2. The lowest BCUT2D eigenvalue weighted by molar-refractivity contribution is -0.131. The van der Waals surface area contributed by atoms with Crippen molar-refractivity contribution in [3.63, 3.8) is 0 Å². The molecule has 1 saturated heterocycles. The number of carbonyl (C=O) groups excluding carboxylic acids is 1. The molecule has 0 aromatic heterocycles. The topological polar surface area (TPSA) is 35.6 Å². The van der Waals surface area contributed by atoms with Gasteiger partial charge in [0, 0.05) is 49.9 Å². The van der Waals surface area contributed by atoms with Crippen molar-refractivity contribution in [1.29, 1.82) is 0 Å². The summed E-state index contributed by atoms with van der Waals surface area (Å²) in [5, 5.41) is 4.14. The van der Waals surface area contributed by atoms with Gasteiger partial charge in [-0.1, -0.05) is 35.9 Å². The average molecular weight is 400 g/mol. The molecule has 5 heteroatoms. The Morgan fingerprint density at radius 1 is 1.00 bits per heavy atom. The van der Waals surface area contributed by atoms with Gasteiger partial charge in [0.05, 0.1) is 0 Å². The number of amides is 1. The van der Waals surface area contributed by atoms with Gasteiger partial charge >= 0.3 is 0 Å². The number of nitrogens with one attached hydrogen (secondary N) is 1. The van der Waals surface area contributed by atoms with Crippen LogP contribution >= 0.6 is 11.6 Å². The predicted molar refractivity (Wildman–Crippen MR) is 117 cm³/mol. The van der Waals surface area contributed by atoms with Crippen LogP contribution in [-0.4, -0.2) is 50.1 Å². The summed E-state index contributed by atoms with van der Waals surface area (Å²) in [6.45, 7) is 9.34. The third-order valence-electron chi connectivity index (χ3n) is 5.57. The second-order valence-electron chi connectivity index (χ2n) is 7.46. The SMILES string of the molecule is Cc1cccc(N2CCN(C(=O)CCNCCc3ccc(Cl)cc3)CC2)c1C. The summed E-state index contributed by atoms with van der Waals surface area (Å²) >= 11 is 5.90. The first-order chi connectivity index (χ1) is 13.5. The lowest BCUT2D eigenvalue weighted by Gasteiger charge is -2.37. The van der Waals surface area contributed by atoms with Crippen molar-refractivity contribution in [2.45, 2.75) is 26.7 Å². The number of benzene rings is 2. The van der Waals surface area contributed by atoms with E-state index in [4.69, 9.17) is 11.6 Å². The summed E-state index contributed by atoms with van der Waals surface area (Å²) < 4.78 is 0. The van der Waals surface area contributed by atoms with Gasteiger partial charge in [-0.15, -0.1) is 0 Å². The molecule has 1 aliphatic rings. The van der Waals surface area contributed by atoms with Gasteiger partial charge in [0.25, 0.3) is 0 Å². The molecule has 0 spiro atoms. The molecule has 2 aromatic rings. The highest BCUT2D eigenvalue weighted by molar-refractivity contribution is 6.30. The van der Waals surface area contributed by atoms with E-state index in [9.17, 15) is 4.79 Å². The monoisotopic (exact) mass is 399 g/mol. The van der Waals surface area contributed by atoms with Crippen molar-refractivity contribution in [3.05, 3.63) is 64.2 Å². The molecule has 0 radical (unpaired) electrons. The Hall–Kier alpha value is -2.04. The van der Waals surface area contributed by atoms with Gasteiger partial charge in [-0.25, -0.2) is 0 Å². The van der Waals surface area contributed by atoms with Crippen LogP contribution in [0.1, 0.15) is 23.1 Å². The molecule has 1 amide bonds. The van der Waals surface area contributed by atoms with E-state index >= 15 is 0 Å². The summed E-state index contributed by atoms with van der Waals surface area (Å²) in [5.41, 5.74) is 5.22. The Labute approximate surface area is 173 Å². The molecule has 0 aliphatic carbocycles. The smallest absolute Gasteiger partial charge is 0.223 e. The first kappa shape index (κ1) is 20.7. The standard InChI is InChI=1S/C23H30ClN3O/c1-18-4-3-5-22(19(18)2)26-14-16-27(17-15-26)23(28)11-13-25-12-10-20-6-8-21(24)9-7-20/h3-9,25H,10-17H2,1-2H3. The Morgan fingerprint density at radius 3 is 2.43 bits per heavy atom. The van der Waals surface area contributed by atoms with E-state index in [1.54, 1.807) is 0 Å². The molecule has 1 fully saturated rings. The Morgan fingerprint density at radius 2 is 1.71 bits per heavy atom. The number of rotatable bonds is 7. The molecule has 1 N–H and O–H groups in total. The Kier molecular flexibility index (Phi) is 7.35. The second-order valence-corrected chi connectivity index (χ2v) is 7.90. The minimum Gasteiger partial charge on any atom is -0.368 e. The molecule has 4 nitrogen and oxygen atoms in total. The van der Waals surface area contributed by atoms with Crippen LogP contribution in [0.2, 0.25) is 5.02 Å².